The van der Waals surface area contributed by atoms with E-state index in [0.29, 0.717) is 18.5 Å². The summed E-state index contributed by atoms with van der Waals surface area (Å²) in [7, 11) is 1.63. The number of carbonyl (C=O) groups is 2. The van der Waals surface area contributed by atoms with Crippen LogP contribution in [-0.2, 0) is 4.79 Å². The zero-order valence-corrected chi connectivity index (χ0v) is 15.1. The topological polar surface area (TPSA) is 66.8 Å². The molecule has 0 aromatic heterocycles. The molecule has 0 radical (unpaired) electrons. The van der Waals surface area contributed by atoms with E-state index in [-0.39, 0.29) is 12.5 Å². The van der Waals surface area contributed by atoms with Crippen molar-refractivity contribution in [1.82, 2.24) is 4.90 Å². The first-order chi connectivity index (χ1) is 12.5. The van der Waals surface area contributed by atoms with E-state index in [1.165, 1.54) is 0 Å². The number of aliphatic carboxylic acids is 1. The van der Waals surface area contributed by atoms with Gasteiger partial charge in [0.2, 0.25) is 0 Å². The van der Waals surface area contributed by atoms with Crippen LogP contribution in [0.5, 0.6) is 5.75 Å². The molecule has 136 valence electrons. The van der Waals surface area contributed by atoms with Crippen molar-refractivity contribution in [3.05, 3.63) is 53.6 Å². The van der Waals surface area contributed by atoms with Crippen molar-refractivity contribution in [1.29, 1.82) is 0 Å². The third-order valence-corrected chi connectivity index (χ3v) is 4.92. The predicted molar refractivity (Wildman–Crippen MR) is 99.4 cm³/mol. The van der Waals surface area contributed by atoms with Crippen LogP contribution < -0.4 is 4.74 Å². The summed E-state index contributed by atoms with van der Waals surface area (Å²) in [6.45, 7) is 2.81. The lowest BCUT2D eigenvalue weighted by Crippen LogP contribution is -2.42. The quantitative estimate of drug-likeness (QED) is 0.912. The van der Waals surface area contributed by atoms with Gasteiger partial charge in [-0.15, -0.1) is 0 Å². The minimum Gasteiger partial charge on any atom is -0.497 e. The van der Waals surface area contributed by atoms with Gasteiger partial charge >= 0.3 is 5.97 Å². The summed E-state index contributed by atoms with van der Waals surface area (Å²) in [6.07, 6.45) is 1.36. The van der Waals surface area contributed by atoms with Crippen molar-refractivity contribution in [2.24, 2.45) is 5.92 Å². The number of hydrogen-bond acceptors (Lipinski definition) is 3. The summed E-state index contributed by atoms with van der Waals surface area (Å²) >= 11 is 0. The second-order valence-corrected chi connectivity index (χ2v) is 6.69. The molecule has 1 atom stereocenters. The number of nitrogens with zero attached hydrogens (tertiary/aromatic N) is 1. The second-order valence-electron chi connectivity index (χ2n) is 6.69. The molecule has 0 bridgehead atoms. The van der Waals surface area contributed by atoms with Gasteiger partial charge in [-0.3, -0.25) is 9.59 Å². The summed E-state index contributed by atoms with van der Waals surface area (Å²) in [5.74, 6) is -0.601. The molecule has 1 saturated heterocycles. The first-order valence-electron chi connectivity index (χ1n) is 8.76. The maximum atomic E-state index is 12.8. The van der Waals surface area contributed by atoms with Crippen molar-refractivity contribution in [3.8, 4) is 16.9 Å². The highest BCUT2D eigenvalue weighted by Crippen LogP contribution is 2.27. The maximum Gasteiger partial charge on any atom is 0.308 e. The molecule has 1 aliphatic rings. The van der Waals surface area contributed by atoms with Gasteiger partial charge in [-0.05, 0) is 54.7 Å². The number of likely N-dealkylation sites (tertiary alicyclic amines) is 1. The van der Waals surface area contributed by atoms with E-state index < -0.39 is 11.9 Å². The van der Waals surface area contributed by atoms with Crippen LogP contribution in [0.3, 0.4) is 0 Å². The molecule has 0 saturated carbocycles. The number of methoxy groups -OCH3 is 1. The van der Waals surface area contributed by atoms with E-state index in [1.807, 2.05) is 49.4 Å². The smallest absolute Gasteiger partial charge is 0.308 e. The number of ether oxygens (including phenoxy) is 1. The Morgan fingerprint density at radius 1 is 1.15 bits per heavy atom. The number of hydrogen-bond donors (Lipinski definition) is 1. The number of carboxylic acid groups (broad SMARTS) is 1. The predicted octanol–water partition coefficient (Wildman–Crippen LogP) is 3.61. The fourth-order valence-electron chi connectivity index (χ4n) is 3.42. The van der Waals surface area contributed by atoms with Crippen LogP contribution in [0.2, 0.25) is 0 Å². The lowest BCUT2D eigenvalue weighted by Gasteiger charge is -2.31. The van der Waals surface area contributed by atoms with Crippen LogP contribution >= 0.6 is 0 Å². The van der Waals surface area contributed by atoms with Gasteiger partial charge in [-0.25, -0.2) is 0 Å². The van der Waals surface area contributed by atoms with Crippen LogP contribution in [0.4, 0.5) is 0 Å². The zero-order chi connectivity index (χ0) is 18.7. The van der Waals surface area contributed by atoms with Crippen molar-refractivity contribution in [2.75, 3.05) is 20.2 Å². The van der Waals surface area contributed by atoms with E-state index in [2.05, 4.69) is 0 Å². The Labute approximate surface area is 153 Å². The molecule has 2 aromatic rings. The minimum atomic E-state index is -0.826. The van der Waals surface area contributed by atoms with Gasteiger partial charge < -0.3 is 14.7 Å². The monoisotopic (exact) mass is 353 g/mol. The van der Waals surface area contributed by atoms with Gasteiger partial charge in [0.05, 0.1) is 13.0 Å². The van der Waals surface area contributed by atoms with Crippen LogP contribution in [0.15, 0.2) is 42.5 Å². The van der Waals surface area contributed by atoms with E-state index >= 15 is 0 Å². The lowest BCUT2D eigenvalue weighted by atomic mass is 9.95. The molecule has 5 heteroatoms. The largest absolute Gasteiger partial charge is 0.497 e. The molecule has 5 nitrogen and oxygen atoms in total. The third-order valence-electron chi connectivity index (χ3n) is 4.92. The highest BCUT2D eigenvalue weighted by atomic mass is 16.5. The number of amides is 1. The van der Waals surface area contributed by atoms with Crippen molar-refractivity contribution < 1.29 is 19.4 Å². The molecular weight excluding hydrogens is 330 g/mol. The molecule has 1 fully saturated rings. The minimum absolute atomic E-state index is 0.0920. The van der Waals surface area contributed by atoms with E-state index in [9.17, 15) is 14.7 Å². The van der Waals surface area contributed by atoms with Crippen molar-refractivity contribution in [3.63, 3.8) is 0 Å². The van der Waals surface area contributed by atoms with Crippen LogP contribution in [0.1, 0.15) is 28.8 Å². The van der Waals surface area contributed by atoms with E-state index in [4.69, 9.17) is 4.74 Å². The molecule has 1 N–H and O–H groups in total. The Hall–Kier alpha value is -2.82. The van der Waals surface area contributed by atoms with Crippen LogP contribution in [0, 0.1) is 12.8 Å². The van der Waals surface area contributed by atoms with Gasteiger partial charge in [0, 0.05) is 18.7 Å². The number of piperidine rings is 1. The highest BCUT2D eigenvalue weighted by Gasteiger charge is 2.29. The Bertz CT molecular complexity index is 831. The Morgan fingerprint density at radius 2 is 1.92 bits per heavy atom. The maximum absolute atomic E-state index is 12.8. The standard InChI is InChI=1S/C21H23NO4/c1-14-11-16(15-5-3-7-18(12-15)26-2)8-9-19(14)20(23)22-10-4-6-17(13-22)21(24)25/h3,5,7-9,11-12,17H,4,6,10,13H2,1-2H3,(H,24,25). The number of carbonyl (C=O) groups excluding carboxylic acids is 1. The summed E-state index contributed by atoms with van der Waals surface area (Å²) in [5, 5.41) is 9.22. The van der Waals surface area contributed by atoms with Gasteiger partial charge in [0.15, 0.2) is 0 Å². The Balaban J connectivity index is 1.83. The van der Waals surface area contributed by atoms with Gasteiger partial charge in [-0.2, -0.15) is 0 Å². The summed E-state index contributed by atoms with van der Waals surface area (Å²) < 4.78 is 5.27. The lowest BCUT2D eigenvalue weighted by molar-refractivity contribution is -0.143. The number of rotatable bonds is 4. The normalized spacial score (nSPS) is 17.0. The van der Waals surface area contributed by atoms with Gasteiger partial charge in [0.1, 0.15) is 5.75 Å². The zero-order valence-electron chi connectivity index (χ0n) is 15.1. The summed E-state index contributed by atoms with van der Waals surface area (Å²) in [6, 6.07) is 13.5. The average Bonchev–Trinajstić information content (AvgIpc) is 2.67. The molecule has 1 unspecified atom stereocenters. The summed E-state index contributed by atoms with van der Waals surface area (Å²) in [5.41, 5.74) is 3.55. The highest BCUT2D eigenvalue weighted by molar-refractivity contribution is 5.96. The van der Waals surface area contributed by atoms with Crippen molar-refractivity contribution in [2.45, 2.75) is 19.8 Å². The van der Waals surface area contributed by atoms with Crippen LogP contribution in [0.25, 0.3) is 11.1 Å². The van der Waals surface area contributed by atoms with E-state index in [0.717, 1.165) is 28.9 Å². The molecule has 1 heterocycles. The van der Waals surface area contributed by atoms with Gasteiger partial charge in [0.25, 0.3) is 5.91 Å². The summed E-state index contributed by atoms with van der Waals surface area (Å²) in [4.78, 5) is 25.7. The molecule has 0 spiro atoms. The fraction of sp³-hybridized carbons (Fsp3) is 0.333. The fourth-order valence-corrected chi connectivity index (χ4v) is 3.42. The van der Waals surface area contributed by atoms with Crippen molar-refractivity contribution >= 4 is 11.9 Å². The first kappa shape index (κ1) is 18.0. The molecular formula is C21H23NO4. The number of carboxylic acids is 1. The van der Waals surface area contributed by atoms with Crippen LogP contribution in [-0.4, -0.2) is 42.1 Å². The molecule has 3 rings (SSSR count). The average molecular weight is 353 g/mol. The second kappa shape index (κ2) is 7.60. The third kappa shape index (κ3) is 3.72. The van der Waals surface area contributed by atoms with Gasteiger partial charge in [-0.1, -0.05) is 24.3 Å². The molecule has 1 amide bonds. The molecule has 0 aliphatic carbocycles. The van der Waals surface area contributed by atoms with E-state index in [1.54, 1.807) is 12.0 Å². The molecule has 1 aliphatic heterocycles. The first-order valence-corrected chi connectivity index (χ1v) is 8.76. The molecule has 26 heavy (non-hydrogen) atoms. The SMILES string of the molecule is COc1cccc(-c2ccc(C(=O)N3CCCC(C(=O)O)C3)c(C)c2)c1. The number of benzene rings is 2. The Morgan fingerprint density at radius 3 is 2.62 bits per heavy atom. The Kier molecular flexibility index (Phi) is 5.26. The number of aryl methyl sites for hydroxylation is 1. The molecule has 2 aromatic carbocycles.